The van der Waals surface area contributed by atoms with E-state index in [0.717, 1.165) is 16.8 Å². The van der Waals surface area contributed by atoms with Crippen LogP contribution in [0.3, 0.4) is 0 Å². The van der Waals surface area contributed by atoms with Crippen molar-refractivity contribution in [2.45, 2.75) is 38.9 Å². The minimum Gasteiger partial charge on any atom is -0.351 e. The first-order chi connectivity index (χ1) is 11.3. The van der Waals surface area contributed by atoms with Crippen molar-refractivity contribution in [3.8, 4) is 0 Å². The SMILES string of the molecule is [2H]N1C(c2ccccc2)[C@H](C)N(c2ccccc2C)C1C([2H])([2H])[2H]. The first-order valence-electron chi connectivity index (χ1n) is 8.93. The second kappa shape index (κ2) is 5.29. The van der Waals surface area contributed by atoms with Gasteiger partial charge in [-0.25, -0.2) is 0 Å². The molecular formula is C18H22N2. The van der Waals surface area contributed by atoms with Gasteiger partial charge in [0, 0.05) is 15.8 Å². The van der Waals surface area contributed by atoms with Crippen molar-refractivity contribution < 1.29 is 5.52 Å². The van der Waals surface area contributed by atoms with Crippen LogP contribution in [0.4, 0.5) is 5.69 Å². The average Bonchev–Trinajstić information content (AvgIpc) is 2.79. The molecule has 0 aromatic heterocycles. The number of hydrogen-bond acceptors (Lipinski definition) is 2. The summed E-state index contributed by atoms with van der Waals surface area (Å²) in [5.41, 5.74) is 2.85. The Hall–Kier alpha value is -1.80. The molecule has 0 spiro atoms. The van der Waals surface area contributed by atoms with Crippen LogP contribution >= 0.6 is 0 Å². The van der Waals surface area contributed by atoms with Gasteiger partial charge in [0.25, 0.3) is 0 Å². The van der Waals surface area contributed by atoms with Crippen molar-refractivity contribution in [2.24, 2.45) is 0 Å². The summed E-state index contributed by atoms with van der Waals surface area (Å²) in [7, 11) is 0. The Balaban J connectivity index is 2.11. The monoisotopic (exact) mass is 270 g/mol. The Bertz CT molecular complexity index is 702. The third-order valence-electron chi connectivity index (χ3n) is 4.00. The maximum Gasteiger partial charge on any atom is 0.125 e. The van der Waals surface area contributed by atoms with Gasteiger partial charge >= 0.3 is 0 Å². The van der Waals surface area contributed by atoms with Crippen LogP contribution in [0.5, 0.6) is 0 Å². The summed E-state index contributed by atoms with van der Waals surface area (Å²) < 4.78 is 32.5. The highest BCUT2D eigenvalue weighted by molar-refractivity contribution is 5.56. The molecule has 1 fully saturated rings. The van der Waals surface area contributed by atoms with E-state index in [9.17, 15) is 0 Å². The molecule has 0 amide bonds. The molecule has 2 unspecified atom stereocenters. The van der Waals surface area contributed by atoms with Crippen LogP contribution in [0.2, 0.25) is 1.41 Å². The number of nitrogens with zero attached hydrogens (tertiary/aromatic N) is 1. The van der Waals surface area contributed by atoms with Crippen molar-refractivity contribution in [3.05, 3.63) is 65.7 Å². The number of anilines is 1. The Labute approximate surface area is 127 Å². The van der Waals surface area contributed by atoms with E-state index in [4.69, 9.17) is 5.52 Å². The van der Waals surface area contributed by atoms with E-state index in [1.807, 2.05) is 73.3 Å². The molecule has 1 aliphatic heterocycles. The molecule has 1 N–H and O–H groups in total. The van der Waals surface area contributed by atoms with E-state index >= 15 is 0 Å². The lowest BCUT2D eigenvalue weighted by atomic mass is 10.0. The van der Waals surface area contributed by atoms with Crippen LogP contribution in [0.15, 0.2) is 54.6 Å². The van der Waals surface area contributed by atoms with Crippen molar-refractivity contribution >= 4 is 5.69 Å². The molecule has 2 aromatic rings. The summed E-state index contributed by atoms with van der Waals surface area (Å²) in [6.45, 7) is 1.70. The number of rotatable bonds is 2. The van der Waals surface area contributed by atoms with E-state index < -0.39 is 13.0 Å². The number of aryl methyl sites for hydroxylation is 1. The molecule has 0 bridgehead atoms. The fourth-order valence-corrected chi connectivity index (χ4v) is 2.94. The molecular weight excluding hydrogens is 244 g/mol. The number of nitrogens with one attached hydrogen (secondary N) is 1. The average molecular weight is 270 g/mol. The van der Waals surface area contributed by atoms with Crippen molar-refractivity contribution in [1.82, 2.24) is 5.31 Å². The number of para-hydroxylation sites is 1. The Morgan fingerprint density at radius 3 is 2.50 bits per heavy atom. The van der Waals surface area contributed by atoms with E-state index in [1.165, 1.54) is 5.31 Å². The largest absolute Gasteiger partial charge is 0.351 e. The predicted octanol–water partition coefficient (Wildman–Crippen LogP) is 3.88. The lowest BCUT2D eigenvalue weighted by molar-refractivity contribution is 0.565. The minimum absolute atomic E-state index is 0.128. The summed E-state index contributed by atoms with van der Waals surface area (Å²) in [5.74, 6) is 0. The third-order valence-corrected chi connectivity index (χ3v) is 4.00. The highest BCUT2D eigenvalue weighted by atomic mass is 15.4. The van der Waals surface area contributed by atoms with Gasteiger partial charge in [-0.05, 0) is 37.9 Å². The molecule has 0 radical (unpaired) electrons. The first kappa shape index (κ1) is 9.19. The molecule has 2 aromatic carbocycles. The molecule has 0 saturated carbocycles. The summed E-state index contributed by atoms with van der Waals surface area (Å²) in [4.78, 5) is 1.88. The first-order valence-corrected chi connectivity index (χ1v) is 6.98. The van der Waals surface area contributed by atoms with Gasteiger partial charge in [0.2, 0.25) is 0 Å². The molecule has 2 heteroatoms. The molecule has 3 atom stereocenters. The van der Waals surface area contributed by atoms with Gasteiger partial charge in [-0.1, -0.05) is 48.5 Å². The predicted molar refractivity (Wildman–Crippen MR) is 84.9 cm³/mol. The van der Waals surface area contributed by atoms with Gasteiger partial charge in [0.1, 0.15) is 1.41 Å². The summed E-state index contributed by atoms with van der Waals surface area (Å²) in [6, 6.07) is 17.0. The van der Waals surface area contributed by atoms with Gasteiger partial charge < -0.3 is 4.90 Å². The molecule has 1 aliphatic rings. The Morgan fingerprint density at radius 2 is 1.80 bits per heavy atom. The van der Waals surface area contributed by atoms with Crippen LogP contribution < -0.4 is 10.2 Å². The van der Waals surface area contributed by atoms with Crippen LogP contribution in [-0.2, 0) is 0 Å². The van der Waals surface area contributed by atoms with Crippen LogP contribution in [-0.4, -0.2) is 12.2 Å². The van der Waals surface area contributed by atoms with E-state index in [1.54, 1.807) is 0 Å². The third kappa shape index (κ3) is 2.20. The summed E-state index contributed by atoms with van der Waals surface area (Å²) in [5, 5.41) is 1.25. The lowest BCUT2D eigenvalue weighted by Gasteiger charge is -2.30. The second-order valence-corrected chi connectivity index (χ2v) is 5.31. The fourth-order valence-electron chi connectivity index (χ4n) is 2.94. The maximum atomic E-state index is 8.55. The summed E-state index contributed by atoms with van der Waals surface area (Å²) in [6.07, 6.45) is -0.973. The Kier molecular flexibility index (Phi) is 2.43. The normalized spacial score (nSPS) is 30.5. The fraction of sp³-hybridized carbons (Fsp3) is 0.333. The van der Waals surface area contributed by atoms with Gasteiger partial charge in [-0.15, -0.1) is 0 Å². The smallest absolute Gasteiger partial charge is 0.125 e. The molecule has 2 nitrogen and oxygen atoms in total. The minimum atomic E-state index is -2.28. The van der Waals surface area contributed by atoms with Crippen molar-refractivity contribution in [2.75, 3.05) is 4.90 Å². The zero-order valence-corrected chi connectivity index (χ0v) is 11.8. The molecule has 0 aliphatic carbocycles. The number of benzene rings is 2. The van der Waals surface area contributed by atoms with Crippen LogP contribution in [0.25, 0.3) is 0 Å². The zero-order chi connectivity index (χ0) is 17.5. The number of hydrogen-bond donors (Lipinski definition) is 1. The topological polar surface area (TPSA) is 15.3 Å². The van der Waals surface area contributed by atoms with E-state index in [-0.39, 0.29) is 12.1 Å². The van der Waals surface area contributed by atoms with Gasteiger partial charge in [-0.3, -0.25) is 5.31 Å². The van der Waals surface area contributed by atoms with Gasteiger partial charge in [0.05, 0.1) is 12.2 Å². The maximum absolute atomic E-state index is 8.55. The quantitative estimate of drug-likeness (QED) is 0.891. The van der Waals surface area contributed by atoms with Crippen LogP contribution in [0.1, 0.15) is 35.1 Å². The van der Waals surface area contributed by atoms with Gasteiger partial charge in [0.15, 0.2) is 0 Å². The molecule has 3 rings (SSSR count). The summed E-state index contributed by atoms with van der Waals surface area (Å²) >= 11 is 0. The molecule has 104 valence electrons. The lowest BCUT2D eigenvalue weighted by Crippen LogP contribution is -2.36. The molecule has 20 heavy (non-hydrogen) atoms. The highest BCUT2D eigenvalue weighted by Crippen LogP contribution is 2.34. The van der Waals surface area contributed by atoms with E-state index in [2.05, 4.69) is 0 Å². The van der Waals surface area contributed by atoms with Crippen LogP contribution in [0, 0.1) is 6.92 Å². The molecule has 1 heterocycles. The van der Waals surface area contributed by atoms with Crippen molar-refractivity contribution in [3.63, 3.8) is 0 Å². The standard InChI is InChI=1S/C18H22N2/c1-13-9-7-8-12-17(13)20-14(2)18(19-15(20)3)16-10-5-4-6-11-16/h4-12,14-15,18-19H,1-3H3/t14-,15?,18?/m0/s1/i3D3/hD. The second-order valence-electron chi connectivity index (χ2n) is 5.31. The highest BCUT2D eigenvalue weighted by Gasteiger charge is 2.36. The van der Waals surface area contributed by atoms with E-state index in [0.29, 0.717) is 0 Å². The van der Waals surface area contributed by atoms with Crippen molar-refractivity contribution in [1.29, 1.82) is 0 Å². The van der Waals surface area contributed by atoms with Gasteiger partial charge in [-0.2, -0.15) is 0 Å². The Morgan fingerprint density at radius 1 is 1.10 bits per heavy atom. The molecule has 1 saturated heterocycles. The zero-order valence-electron chi connectivity index (χ0n) is 15.8.